The Balaban J connectivity index is 3.80. The highest BCUT2D eigenvalue weighted by Gasteiger charge is 2.11. The van der Waals surface area contributed by atoms with E-state index in [2.05, 4.69) is 0 Å². The average Bonchev–Trinajstić information content (AvgIpc) is 1.96. The van der Waals surface area contributed by atoms with E-state index in [1.165, 1.54) is 18.7 Å². The minimum absolute atomic E-state index is 0.195. The normalized spacial score (nSPS) is 9.58. The smallest absolute Gasteiger partial charge is 0.226 e. The van der Waals surface area contributed by atoms with Crippen LogP contribution in [-0.2, 0) is 9.59 Å². The molecule has 0 fully saturated rings. The maximum atomic E-state index is 10.9. The van der Waals surface area contributed by atoms with Crippen molar-refractivity contribution in [2.45, 2.75) is 26.7 Å². The summed E-state index contributed by atoms with van der Waals surface area (Å²) in [5.41, 5.74) is 5.28. The van der Waals surface area contributed by atoms with E-state index in [9.17, 15) is 9.59 Å². The van der Waals surface area contributed by atoms with Crippen molar-refractivity contribution in [1.29, 1.82) is 0 Å². The van der Waals surface area contributed by atoms with Gasteiger partial charge in [0.1, 0.15) is 0 Å². The Morgan fingerprint density at radius 2 is 1.67 bits per heavy atom. The average molecular weight is 172 g/mol. The lowest BCUT2D eigenvalue weighted by molar-refractivity contribution is -0.142. The molecule has 0 spiro atoms. The molecule has 0 saturated heterocycles. The third kappa shape index (κ3) is 4.08. The van der Waals surface area contributed by atoms with Gasteiger partial charge in [-0.3, -0.25) is 14.5 Å². The van der Waals surface area contributed by atoms with Gasteiger partial charge in [0.05, 0.1) is 0 Å². The van der Waals surface area contributed by atoms with E-state index in [0.717, 1.165) is 12.8 Å². The second-order valence-corrected chi connectivity index (χ2v) is 2.69. The van der Waals surface area contributed by atoms with Crippen LogP contribution in [0.4, 0.5) is 0 Å². The SMILES string of the molecule is CC(=O)N(CCCCN)C(C)=O. The third-order valence-electron chi connectivity index (χ3n) is 1.60. The predicted molar refractivity (Wildman–Crippen MR) is 46.4 cm³/mol. The van der Waals surface area contributed by atoms with E-state index in [4.69, 9.17) is 5.73 Å². The highest BCUT2D eigenvalue weighted by molar-refractivity contribution is 5.92. The molecule has 0 bridgehead atoms. The molecular weight excluding hydrogens is 156 g/mol. The number of carbonyl (C=O) groups excluding carboxylic acids is 2. The quantitative estimate of drug-likeness (QED) is 0.613. The van der Waals surface area contributed by atoms with E-state index in [0.29, 0.717) is 13.1 Å². The largest absolute Gasteiger partial charge is 0.330 e. The number of nitrogens with zero attached hydrogens (tertiary/aromatic N) is 1. The van der Waals surface area contributed by atoms with Crippen LogP contribution in [0, 0.1) is 0 Å². The second-order valence-electron chi connectivity index (χ2n) is 2.69. The fraction of sp³-hybridized carbons (Fsp3) is 0.750. The first kappa shape index (κ1) is 11.1. The molecule has 0 aliphatic rings. The summed E-state index contributed by atoms with van der Waals surface area (Å²) in [6.07, 6.45) is 1.63. The number of amides is 2. The molecule has 70 valence electrons. The van der Waals surface area contributed by atoms with E-state index in [1.54, 1.807) is 0 Å². The summed E-state index contributed by atoms with van der Waals surface area (Å²) in [6.45, 7) is 3.87. The van der Waals surface area contributed by atoms with Gasteiger partial charge in [-0.1, -0.05) is 0 Å². The van der Waals surface area contributed by atoms with Gasteiger partial charge in [0, 0.05) is 20.4 Å². The summed E-state index contributed by atoms with van der Waals surface area (Å²) in [6, 6.07) is 0. The lowest BCUT2D eigenvalue weighted by Gasteiger charge is -2.16. The maximum absolute atomic E-state index is 10.9. The number of carbonyl (C=O) groups is 2. The Hall–Kier alpha value is -0.900. The summed E-state index contributed by atoms with van der Waals surface area (Å²) in [7, 11) is 0. The van der Waals surface area contributed by atoms with Crippen LogP contribution in [0.2, 0.25) is 0 Å². The van der Waals surface area contributed by atoms with Crippen molar-refractivity contribution in [3.63, 3.8) is 0 Å². The molecule has 2 amide bonds. The minimum atomic E-state index is -0.195. The molecule has 0 aromatic rings. The highest BCUT2D eigenvalue weighted by atomic mass is 16.2. The van der Waals surface area contributed by atoms with Crippen LogP contribution in [0.5, 0.6) is 0 Å². The number of hydrogen-bond acceptors (Lipinski definition) is 3. The lowest BCUT2D eigenvalue weighted by Crippen LogP contribution is -2.34. The number of nitrogens with two attached hydrogens (primary N) is 1. The van der Waals surface area contributed by atoms with Gasteiger partial charge in [0.25, 0.3) is 0 Å². The van der Waals surface area contributed by atoms with Crippen LogP contribution in [-0.4, -0.2) is 29.8 Å². The van der Waals surface area contributed by atoms with Gasteiger partial charge in [0.2, 0.25) is 11.8 Å². The Bertz CT molecular complexity index is 154. The van der Waals surface area contributed by atoms with Gasteiger partial charge < -0.3 is 5.73 Å². The molecule has 0 unspecified atom stereocenters. The zero-order chi connectivity index (χ0) is 9.56. The Kier molecular flexibility index (Phi) is 5.28. The summed E-state index contributed by atoms with van der Waals surface area (Å²) in [5, 5.41) is 0. The van der Waals surface area contributed by atoms with Crippen LogP contribution in [0.3, 0.4) is 0 Å². The monoisotopic (exact) mass is 172 g/mol. The molecule has 0 aliphatic carbocycles. The van der Waals surface area contributed by atoms with E-state index in [1.807, 2.05) is 0 Å². The molecule has 0 aromatic heterocycles. The van der Waals surface area contributed by atoms with Gasteiger partial charge in [-0.15, -0.1) is 0 Å². The van der Waals surface area contributed by atoms with Crippen LogP contribution in [0.25, 0.3) is 0 Å². The van der Waals surface area contributed by atoms with Crippen LogP contribution < -0.4 is 5.73 Å². The van der Waals surface area contributed by atoms with Crippen molar-refractivity contribution in [3.8, 4) is 0 Å². The van der Waals surface area contributed by atoms with Crippen molar-refractivity contribution < 1.29 is 9.59 Å². The van der Waals surface area contributed by atoms with E-state index >= 15 is 0 Å². The summed E-state index contributed by atoms with van der Waals surface area (Å²) >= 11 is 0. The first-order valence-corrected chi connectivity index (χ1v) is 4.08. The molecule has 0 aliphatic heterocycles. The molecule has 0 atom stereocenters. The van der Waals surface area contributed by atoms with E-state index in [-0.39, 0.29) is 11.8 Å². The van der Waals surface area contributed by atoms with Crippen molar-refractivity contribution in [3.05, 3.63) is 0 Å². The number of rotatable bonds is 4. The minimum Gasteiger partial charge on any atom is -0.330 e. The molecular formula is C8H16N2O2. The third-order valence-corrected chi connectivity index (χ3v) is 1.60. The van der Waals surface area contributed by atoms with Gasteiger partial charge in [-0.05, 0) is 19.4 Å². The highest BCUT2D eigenvalue weighted by Crippen LogP contribution is 1.95. The van der Waals surface area contributed by atoms with Gasteiger partial charge in [0.15, 0.2) is 0 Å². The fourth-order valence-electron chi connectivity index (χ4n) is 0.951. The number of hydrogen-bond donors (Lipinski definition) is 1. The summed E-state index contributed by atoms with van der Waals surface area (Å²) < 4.78 is 0. The van der Waals surface area contributed by atoms with Crippen LogP contribution >= 0.6 is 0 Å². The first-order valence-electron chi connectivity index (χ1n) is 4.08. The van der Waals surface area contributed by atoms with Crippen LogP contribution in [0.15, 0.2) is 0 Å². The molecule has 0 saturated carbocycles. The Morgan fingerprint density at radius 3 is 2.00 bits per heavy atom. The maximum Gasteiger partial charge on any atom is 0.226 e. The van der Waals surface area contributed by atoms with Crippen molar-refractivity contribution in [2.24, 2.45) is 5.73 Å². The predicted octanol–water partition coefficient (Wildman–Crippen LogP) is 0.120. The lowest BCUT2D eigenvalue weighted by atomic mass is 10.3. The first-order chi connectivity index (χ1) is 5.59. The molecule has 4 heteroatoms. The number of unbranched alkanes of at least 4 members (excludes halogenated alkanes) is 1. The summed E-state index contributed by atoms with van der Waals surface area (Å²) in [5.74, 6) is -0.390. The molecule has 0 radical (unpaired) electrons. The molecule has 2 N–H and O–H groups in total. The molecule has 4 nitrogen and oxygen atoms in total. The van der Waals surface area contributed by atoms with Crippen LogP contribution in [0.1, 0.15) is 26.7 Å². The van der Waals surface area contributed by atoms with Crippen molar-refractivity contribution in [2.75, 3.05) is 13.1 Å². The standard InChI is InChI=1S/C8H16N2O2/c1-7(11)10(8(2)12)6-4-3-5-9/h3-6,9H2,1-2H3. The molecule has 0 aromatic carbocycles. The second kappa shape index (κ2) is 5.71. The van der Waals surface area contributed by atoms with E-state index < -0.39 is 0 Å². The zero-order valence-electron chi connectivity index (χ0n) is 7.67. The van der Waals surface area contributed by atoms with Gasteiger partial charge in [-0.25, -0.2) is 0 Å². The van der Waals surface area contributed by atoms with Crippen molar-refractivity contribution >= 4 is 11.8 Å². The fourth-order valence-corrected chi connectivity index (χ4v) is 0.951. The zero-order valence-corrected chi connectivity index (χ0v) is 7.67. The Morgan fingerprint density at radius 1 is 1.17 bits per heavy atom. The molecule has 0 heterocycles. The van der Waals surface area contributed by atoms with Gasteiger partial charge >= 0.3 is 0 Å². The number of imide groups is 1. The Labute approximate surface area is 72.7 Å². The van der Waals surface area contributed by atoms with Crippen molar-refractivity contribution in [1.82, 2.24) is 4.90 Å². The topological polar surface area (TPSA) is 63.4 Å². The van der Waals surface area contributed by atoms with Gasteiger partial charge in [-0.2, -0.15) is 0 Å². The summed E-state index contributed by atoms with van der Waals surface area (Å²) in [4.78, 5) is 22.9. The molecule has 12 heavy (non-hydrogen) atoms. The molecule has 0 rings (SSSR count).